The Bertz CT molecular complexity index is 411. The van der Waals surface area contributed by atoms with Crippen LogP contribution in [0.3, 0.4) is 0 Å². The molecule has 4 nitrogen and oxygen atoms in total. The minimum absolute atomic E-state index is 0.00429. The van der Waals surface area contributed by atoms with Gasteiger partial charge in [-0.05, 0) is 24.5 Å². The molecular formula is C15H22N2O2. The van der Waals surface area contributed by atoms with Crippen LogP contribution in [0.25, 0.3) is 0 Å². The van der Waals surface area contributed by atoms with Crippen LogP contribution in [0.2, 0.25) is 0 Å². The lowest BCUT2D eigenvalue weighted by molar-refractivity contribution is 0.0526. The second kappa shape index (κ2) is 6.57. The number of nitrogens with zero attached hydrogens (tertiary/aromatic N) is 1. The van der Waals surface area contributed by atoms with E-state index < -0.39 is 0 Å². The van der Waals surface area contributed by atoms with E-state index in [2.05, 4.69) is 36.5 Å². The molecule has 1 aromatic rings. The van der Waals surface area contributed by atoms with Crippen LogP contribution in [0.15, 0.2) is 24.3 Å². The highest BCUT2D eigenvalue weighted by Crippen LogP contribution is 2.14. The van der Waals surface area contributed by atoms with Gasteiger partial charge >= 0.3 is 6.03 Å². The molecule has 2 rings (SSSR count). The highest BCUT2D eigenvalue weighted by Gasteiger charge is 2.18. The van der Waals surface area contributed by atoms with Gasteiger partial charge in [0.05, 0.1) is 19.3 Å². The van der Waals surface area contributed by atoms with Gasteiger partial charge in [0.25, 0.3) is 0 Å². The maximum Gasteiger partial charge on any atom is 0.318 e. The maximum atomic E-state index is 12.1. The zero-order valence-electron chi connectivity index (χ0n) is 11.7. The first-order valence-corrected chi connectivity index (χ1v) is 6.92. The van der Waals surface area contributed by atoms with E-state index in [1.165, 1.54) is 5.56 Å². The third kappa shape index (κ3) is 3.70. The van der Waals surface area contributed by atoms with Crippen molar-refractivity contribution in [2.75, 3.05) is 26.3 Å². The van der Waals surface area contributed by atoms with Crippen molar-refractivity contribution in [2.45, 2.75) is 26.3 Å². The quantitative estimate of drug-likeness (QED) is 0.908. The number of urea groups is 1. The fraction of sp³-hybridized carbons (Fsp3) is 0.533. The number of hydrogen-bond donors (Lipinski definition) is 1. The van der Waals surface area contributed by atoms with Crippen LogP contribution in [0.4, 0.5) is 4.79 Å². The Balaban J connectivity index is 1.91. The SMILES string of the molecule is CCc1ccc(C(C)NC(=O)N2CCOCC2)cc1. The largest absolute Gasteiger partial charge is 0.378 e. The van der Waals surface area contributed by atoms with Crippen molar-refractivity contribution in [3.63, 3.8) is 0 Å². The predicted molar refractivity (Wildman–Crippen MR) is 75.2 cm³/mol. The molecular weight excluding hydrogens is 240 g/mol. The van der Waals surface area contributed by atoms with E-state index in [1.807, 2.05) is 6.92 Å². The molecule has 1 N–H and O–H groups in total. The summed E-state index contributed by atoms with van der Waals surface area (Å²) < 4.78 is 5.24. The number of nitrogens with one attached hydrogen (secondary N) is 1. The van der Waals surface area contributed by atoms with Crippen molar-refractivity contribution < 1.29 is 9.53 Å². The van der Waals surface area contributed by atoms with E-state index >= 15 is 0 Å². The average molecular weight is 262 g/mol. The molecule has 1 unspecified atom stereocenters. The van der Waals surface area contributed by atoms with Crippen molar-refractivity contribution in [3.8, 4) is 0 Å². The van der Waals surface area contributed by atoms with Crippen molar-refractivity contribution >= 4 is 6.03 Å². The minimum atomic E-state index is -0.00429. The Morgan fingerprint density at radius 2 is 1.95 bits per heavy atom. The molecule has 4 heteroatoms. The summed E-state index contributed by atoms with van der Waals surface area (Å²) in [4.78, 5) is 13.9. The lowest BCUT2D eigenvalue weighted by Gasteiger charge is -2.28. The molecule has 19 heavy (non-hydrogen) atoms. The van der Waals surface area contributed by atoms with E-state index in [-0.39, 0.29) is 12.1 Å². The molecule has 1 saturated heterocycles. The van der Waals surface area contributed by atoms with E-state index in [0.29, 0.717) is 26.3 Å². The smallest absolute Gasteiger partial charge is 0.318 e. The Hall–Kier alpha value is -1.55. The van der Waals surface area contributed by atoms with Crippen LogP contribution < -0.4 is 5.32 Å². The van der Waals surface area contributed by atoms with Crippen molar-refractivity contribution in [2.24, 2.45) is 0 Å². The van der Waals surface area contributed by atoms with Crippen LogP contribution in [0, 0.1) is 0 Å². The molecule has 1 aliphatic heterocycles. The van der Waals surface area contributed by atoms with Crippen LogP contribution in [-0.2, 0) is 11.2 Å². The van der Waals surface area contributed by atoms with Crippen molar-refractivity contribution in [1.82, 2.24) is 10.2 Å². The van der Waals surface area contributed by atoms with Gasteiger partial charge < -0.3 is 15.0 Å². The Morgan fingerprint density at radius 1 is 1.32 bits per heavy atom. The van der Waals surface area contributed by atoms with Gasteiger partial charge in [-0.2, -0.15) is 0 Å². The zero-order valence-corrected chi connectivity index (χ0v) is 11.7. The molecule has 0 saturated carbocycles. The van der Waals surface area contributed by atoms with Gasteiger partial charge in [-0.15, -0.1) is 0 Å². The van der Waals surface area contributed by atoms with E-state index in [9.17, 15) is 4.79 Å². The van der Waals surface area contributed by atoms with Gasteiger partial charge in [-0.1, -0.05) is 31.2 Å². The highest BCUT2D eigenvalue weighted by molar-refractivity contribution is 5.74. The number of benzene rings is 1. The average Bonchev–Trinajstić information content (AvgIpc) is 2.48. The van der Waals surface area contributed by atoms with Crippen molar-refractivity contribution in [1.29, 1.82) is 0 Å². The number of rotatable bonds is 3. The van der Waals surface area contributed by atoms with E-state index in [0.717, 1.165) is 12.0 Å². The summed E-state index contributed by atoms with van der Waals surface area (Å²) in [5.41, 5.74) is 2.45. The number of ether oxygens (including phenoxy) is 1. The zero-order chi connectivity index (χ0) is 13.7. The fourth-order valence-electron chi connectivity index (χ4n) is 2.17. The molecule has 0 aromatic heterocycles. The van der Waals surface area contributed by atoms with Crippen LogP contribution in [-0.4, -0.2) is 37.2 Å². The van der Waals surface area contributed by atoms with Crippen LogP contribution >= 0.6 is 0 Å². The summed E-state index contributed by atoms with van der Waals surface area (Å²) in [6, 6.07) is 8.43. The third-order valence-corrected chi connectivity index (χ3v) is 3.53. The summed E-state index contributed by atoms with van der Waals surface area (Å²) in [5.74, 6) is 0. The Morgan fingerprint density at radius 3 is 2.53 bits per heavy atom. The number of amides is 2. The molecule has 0 aliphatic carbocycles. The number of morpholine rings is 1. The van der Waals surface area contributed by atoms with Gasteiger partial charge in [-0.25, -0.2) is 4.79 Å². The number of aryl methyl sites for hydroxylation is 1. The third-order valence-electron chi connectivity index (χ3n) is 3.53. The summed E-state index contributed by atoms with van der Waals surface area (Å²) in [6.45, 7) is 6.76. The molecule has 0 radical (unpaired) electrons. The number of carbonyl (C=O) groups excluding carboxylic acids is 1. The molecule has 1 aliphatic rings. The summed E-state index contributed by atoms with van der Waals surface area (Å²) in [6.07, 6.45) is 1.04. The molecule has 1 fully saturated rings. The Kier molecular flexibility index (Phi) is 4.80. The molecule has 1 heterocycles. The topological polar surface area (TPSA) is 41.6 Å². The molecule has 104 valence electrons. The lowest BCUT2D eigenvalue weighted by atomic mass is 10.1. The Labute approximate surface area is 114 Å². The summed E-state index contributed by atoms with van der Waals surface area (Å²) in [5, 5.41) is 3.03. The standard InChI is InChI=1S/C15H22N2O2/c1-3-13-4-6-14(7-5-13)12(2)16-15(18)17-8-10-19-11-9-17/h4-7,12H,3,8-11H2,1-2H3,(H,16,18). The van der Waals surface area contributed by atoms with Crippen molar-refractivity contribution in [3.05, 3.63) is 35.4 Å². The first-order valence-electron chi connectivity index (χ1n) is 6.92. The minimum Gasteiger partial charge on any atom is -0.378 e. The van der Waals surface area contributed by atoms with Gasteiger partial charge in [0.15, 0.2) is 0 Å². The normalized spacial score (nSPS) is 17.1. The molecule has 0 bridgehead atoms. The van der Waals surface area contributed by atoms with Gasteiger partial charge in [-0.3, -0.25) is 0 Å². The van der Waals surface area contributed by atoms with Crippen LogP contribution in [0.1, 0.15) is 31.0 Å². The molecule has 2 amide bonds. The predicted octanol–water partition coefficient (Wildman–Crippen LogP) is 2.35. The maximum absolute atomic E-state index is 12.1. The molecule has 1 aromatic carbocycles. The second-order valence-corrected chi connectivity index (χ2v) is 4.87. The second-order valence-electron chi connectivity index (χ2n) is 4.87. The van der Waals surface area contributed by atoms with Gasteiger partial charge in [0.2, 0.25) is 0 Å². The highest BCUT2D eigenvalue weighted by atomic mass is 16.5. The van der Waals surface area contributed by atoms with Gasteiger partial charge in [0, 0.05) is 13.1 Å². The number of hydrogen-bond acceptors (Lipinski definition) is 2. The van der Waals surface area contributed by atoms with Gasteiger partial charge in [0.1, 0.15) is 0 Å². The summed E-state index contributed by atoms with van der Waals surface area (Å²) in [7, 11) is 0. The first-order chi connectivity index (χ1) is 9.20. The first kappa shape index (κ1) is 13.9. The lowest BCUT2D eigenvalue weighted by Crippen LogP contribution is -2.46. The fourth-order valence-corrected chi connectivity index (χ4v) is 2.17. The monoisotopic (exact) mass is 262 g/mol. The number of carbonyl (C=O) groups is 1. The van der Waals surface area contributed by atoms with E-state index in [1.54, 1.807) is 4.90 Å². The van der Waals surface area contributed by atoms with Crippen LogP contribution in [0.5, 0.6) is 0 Å². The summed E-state index contributed by atoms with van der Waals surface area (Å²) >= 11 is 0. The molecule has 0 spiro atoms. The molecule has 1 atom stereocenters. The van der Waals surface area contributed by atoms with E-state index in [4.69, 9.17) is 4.74 Å².